The Bertz CT molecular complexity index is 1280. The van der Waals surface area contributed by atoms with Gasteiger partial charge < -0.3 is 19.5 Å². The molecule has 2 amide bonds. The number of hydrogen-bond acceptors (Lipinski definition) is 4. The number of likely N-dealkylation sites (N-methyl/N-ethyl adjacent to an activating group) is 1. The van der Waals surface area contributed by atoms with Gasteiger partial charge in [0.25, 0.3) is 5.91 Å². The third kappa shape index (κ3) is 5.09. The molecule has 1 aromatic heterocycles. The maximum Gasteiger partial charge on any atom is 0.251 e. The minimum absolute atomic E-state index is 0.0399. The van der Waals surface area contributed by atoms with Gasteiger partial charge >= 0.3 is 0 Å². The second-order valence-corrected chi connectivity index (χ2v) is 8.20. The number of imidazole rings is 1. The predicted molar refractivity (Wildman–Crippen MR) is 132 cm³/mol. The van der Waals surface area contributed by atoms with Crippen LogP contribution in [-0.4, -0.2) is 40.4 Å². The number of benzene rings is 3. The third-order valence-electron chi connectivity index (χ3n) is 5.75. The number of carbonyl (C=O) groups excluding carboxylic acids is 2. The number of nitrogens with one attached hydrogen (secondary N) is 1. The molecule has 0 aliphatic heterocycles. The lowest BCUT2D eigenvalue weighted by molar-refractivity contribution is -0.131. The molecule has 1 heterocycles. The number of rotatable bonds is 8. The van der Waals surface area contributed by atoms with E-state index < -0.39 is 6.04 Å². The van der Waals surface area contributed by atoms with Crippen LogP contribution in [0.4, 0.5) is 0 Å². The van der Waals surface area contributed by atoms with Crippen molar-refractivity contribution in [2.45, 2.75) is 26.1 Å². The number of hydrogen-bond donors (Lipinski definition) is 1. The van der Waals surface area contributed by atoms with Gasteiger partial charge in [0.2, 0.25) is 5.91 Å². The molecule has 0 aliphatic rings. The Morgan fingerprint density at radius 1 is 1.00 bits per heavy atom. The second-order valence-electron chi connectivity index (χ2n) is 8.20. The van der Waals surface area contributed by atoms with Crippen molar-refractivity contribution < 1.29 is 14.3 Å². The highest BCUT2D eigenvalue weighted by Gasteiger charge is 2.21. The maximum atomic E-state index is 13.1. The van der Waals surface area contributed by atoms with Gasteiger partial charge in [0.05, 0.1) is 24.2 Å². The van der Waals surface area contributed by atoms with Crippen molar-refractivity contribution in [2.24, 2.45) is 0 Å². The number of para-hydroxylation sites is 2. The normalized spacial score (nSPS) is 11.7. The Morgan fingerprint density at radius 3 is 2.38 bits per heavy atom. The summed E-state index contributed by atoms with van der Waals surface area (Å²) in [4.78, 5) is 32.4. The average molecular weight is 457 g/mol. The van der Waals surface area contributed by atoms with Crippen LogP contribution in [0.5, 0.6) is 5.75 Å². The van der Waals surface area contributed by atoms with Gasteiger partial charge in [-0.3, -0.25) is 9.59 Å². The molecule has 4 aromatic rings. The topological polar surface area (TPSA) is 76.5 Å². The van der Waals surface area contributed by atoms with Gasteiger partial charge in [-0.15, -0.1) is 0 Å². The number of nitrogens with zero attached hydrogens (tertiary/aromatic N) is 3. The first kappa shape index (κ1) is 23.0. The van der Waals surface area contributed by atoms with Crippen molar-refractivity contribution in [3.63, 3.8) is 0 Å². The smallest absolute Gasteiger partial charge is 0.251 e. The fourth-order valence-electron chi connectivity index (χ4n) is 3.88. The van der Waals surface area contributed by atoms with Crippen LogP contribution in [0.1, 0.15) is 34.7 Å². The van der Waals surface area contributed by atoms with Crippen LogP contribution < -0.4 is 10.1 Å². The summed E-state index contributed by atoms with van der Waals surface area (Å²) in [5.41, 5.74) is 3.22. The van der Waals surface area contributed by atoms with Crippen molar-refractivity contribution in [3.05, 3.63) is 95.8 Å². The molecule has 34 heavy (non-hydrogen) atoms. The maximum absolute atomic E-state index is 13.1. The van der Waals surface area contributed by atoms with Crippen LogP contribution in [-0.2, 0) is 17.9 Å². The average Bonchev–Trinajstić information content (AvgIpc) is 3.23. The van der Waals surface area contributed by atoms with Crippen molar-refractivity contribution in [2.75, 3.05) is 14.2 Å². The van der Waals surface area contributed by atoms with Crippen LogP contribution >= 0.6 is 0 Å². The SMILES string of the molecule is COc1ccc(C(=O)NC(C)c2nc3ccccc3n2CC(=O)N(C)Cc2ccccc2)cc1. The van der Waals surface area contributed by atoms with Gasteiger partial charge in [0.1, 0.15) is 18.1 Å². The summed E-state index contributed by atoms with van der Waals surface area (Å²) < 4.78 is 7.05. The van der Waals surface area contributed by atoms with E-state index in [4.69, 9.17) is 9.72 Å². The summed E-state index contributed by atoms with van der Waals surface area (Å²) in [6.07, 6.45) is 0. The first-order valence-corrected chi connectivity index (χ1v) is 11.1. The van der Waals surface area contributed by atoms with Gasteiger partial charge in [0.15, 0.2) is 0 Å². The summed E-state index contributed by atoms with van der Waals surface area (Å²) in [5.74, 6) is 1.05. The molecule has 7 nitrogen and oxygen atoms in total. The lowest BCUT2D eigenvalue weighted by Crippen LogP contribution is -2.32. The van der Waals surface area contributed by atoms with Crippen LogP contribution in [0.15, 0.2) is 78.9 Å². The van der Waals surface area contributed by atoms with Crippen LogP contribution in [0, 0.1) is 0 Å². The molecule has 0 radical (unpaired) electrons. The molecular formula is C27H28N4O3. The second kappa shape index (κ2) is 10.2. The van der Waals surface area contributed by atoms with Crippen molar-refractivity contribution in [1.29, 1.82) is 0 Å². The van der Waals surface area contributed by atoms with Gasteiger partial charge in [-0.1, -0.05) is 42.5 Å². The number of fused-ring (bicyclic) bond motifs is 1. The zero-order valence-electron chi connectivity index (χ0n) is 19.6. The summed E-state index contributed by atoms with van der Waals surface area (Å²) in [5, 5.41) is 3.01. The highest BCUT2D eigenvalue weighted by atomic mass is 16.5. The fourth-order valence-corrected chi connectivity index (χ4v) is 3.88. The monoisotopic (exact) mass is 456 g/mol. The van der Waals surface area contributed by atoms with E-state index in [9.17, 15) is 9.59 Å². The summed E-state index contributed by atoms with van der Waals surface area (Å²) >= 11 is 0. The lowest BCUT2D eigenvalue weighted by atomic mass is 10.2. The first-order chi connectivity index (χ1) is 16.5. The quantitative estimate of drug-likeness (QED) is 0.431. The molecule has 174 valence electrons. The molecule has 0 spiro atoms. The van der Waals surface area contributed by atoms with E-state index in [1.165, 1.54) is 0 Å². The lowest BCUT2D eigenvalue weighted by Gasteiger charge is -2.20. The van der Waals surface area contributed by atoms with Crippen LogP contribution in [0.2, 0.25) is 0 Å². The Kier molecular flexibility index (Phi) is 6.92. The molecule has 0 saturated heterocycles. The molecule has 3 aromatic carbocycles. The molecule has 7 heteroatoms. The number of methoxy groups -OCH3 is 1. The Morgan fingerprint density at radius 2 is 1.68 bits per heavy atom. The predicted octanol–water partition coefficient (Wildman–Crippen LogP) is 4.19. The largest absolute Gasteiger partial charge is 0.497 e. The Labute approximate surface area is 199 Å². The summed E-state index contributed by atoms with van der Waals surface area (Å²) in [6.45, 7) is 2.52. The number of aromatic nitrogens is 2. The van der Waals surface area contributed by atoms with E-state index in [2.05, 4.69) is 5.32 Å². The molecule has 1 N–H and O–H groups in total. The molecule has 0 saturated carbocycles. The van der Waals surface area contributed by atoms with Gasteiger partial charge in [-0.25, -0.2) is 4.98 Å². The minimum Gasteiger partial charge on any atom is -0.497 e. The number of amides is 2. The van der Waals surface area contributed by atoms with Crippen LogP contribution in [0.25, 0.3) is 11.0 Å². The van der Waals surface area contributed by atoms with Gasteiger partial charge in [-0.05, 0) is 48.9 Å². The molecule has 0 fully saturated rings. The number of carbonyl (C=O) groups is 2. The fraction of sp³-hybridized carbons (Fsp3) is 0.222. The van der Waals surface area contributed by atoms with E-state index in [0.29, 0.717) is 23.7 Å². The third-order valence-corrected chi connectivity index (χ3v) is 5.75. The highest BCUT2D eigenvalue weighted by Crippen LogP contribution is 2.22. The standard InChI is InChI=1S/C27H28N4O3/c1-19(28-27(33)21-13-15-22(34-3)16-14-21)26-29-23-11-7-8-12-24(23)31(26)18-25(32)30(2)17-20-9-5-4-6-10-20/h4-16,19H,17-18H2,1-3H3,(H,28,33). The minimum atomic E-state index is -0.408. The summed E-state index contributed by atoms with van der Waals surface area (Å²) in [6, 6.07) is 24.1. The molecule has 4 rings (SSSR count). The van der Waals surface area contributed by atoms with Gasteiger partial charge in [0, 0.05) is 19.2 Å². The van der Waals surface area contributed by atoms with Crippen molar-refractivity contribution in [1.82, 2.24) is 19.8 Å². The molecule has 0 bridgehead atoms. The summed E-state index contributed by atoms with van der Waals surface area (Å²) in [7, 11) is 3.38. The van der Waals surface area contributed by atoms with E-state index in [1.807, 2.05) is 66.1 Å². The first-order valence-electron chi connectivity index (χ1n) is 11.1. The number of ether oxygens (including phenoxy) is 1. The van der Waals surface area contributed by atoms with Crippen molar-refractivity contribution >= 4 is 22.8 Å². The van der Waals surface area contributed by atoms with E-state index in [1.54, 1.807) is 43.3 Å². The zero-order chi connectivity index (χ0) is 24.1. The van der Waals surface area contributed by atoms with E-state index in [0.717, 1.165) is 16.6 Å². The van der Waals surface area contributed by atoms with E-state index in [-0.39, 0.29) is 18.4 Å². The molecule has 1 atom stereocenters. The molecule has 1 unspecified atom stereocenters. The zero-order valence-corrected chi connectivity index (χ0v) is 19.6. The Balaban J connectivity index is 1.55. The van der Waals surface area contributed by atoms with Gasteiger partial charge in [-0.2, -0.15) is 0 Å². The molecule has 0 aliphatic carbocycles. The Hall–Kier alpha value is -4.13. The van der Waals surface area contributed by atoms with Crippen LogP contribution in [0.3, 0.4) is 0 Å². The molecular weight excluding hydrogens is 428 g/mol. The van der Waals surface area contributed by atoms with E-state index >= 15 is 0 Å². The highest BCUT2D eigenvalue weighted by molar-refractivity contribution is 5.94. The van der Waals surface area contributed by atoms with Crippen molar-refractivity contribution in [3.8, 4) is 5.75 Å².